The van der Waals surface area contributed by atoms with Crippen molar-refractivity contribution in [1.29, 1.82) is 0 Å². The van der Waals surface area contributed by atoms with Crippen LogP contribution in [0.3, 0.4) is 0 Å². The van der Waals surface area contributed by atoms with Gasteiger partial charge in [-0.1, -0.05) is 37.1 Å². The van der Waals surface area contributed by atoms with Crippen molar-refractivity contribution in [3.05, 3.63) is 35.4 Å². The molecule has 74 valence electrons. The number of aryl methyl sites for hydroxylation is 1. The molecule has 3 rings (SSSR count). The van der Waals surface area contributed by atoms with E-state index in [1.54, 1.807) is 11.1 Å². The van der Waals surface area contributed by atoms with E-state index in [1.807, 2.05) is 0 Å². The Balaban J connectivity index is 1.99. The third-order valence-corrected chi connectivity index (χ3v) is 4.15. The van der Waals surface area contributed by atoms with Crippen LogP contribution in [0.4, 0.5) is 0 Å². The topological polar surface area (TPSA) is 0 Å². The summed E-state index contributed by atoms with van der Waals surface area (Å²) in [5.74, 6) is 1.92. The Morgan fingerprint density at radius 3 is 2.79 bits per heavy atom. The zero-order valence-corrected chi connectivity index (χ0v) is 8.71. The van der Waals surface area contributed by atoms with Gasteiger partial charge in [-0.15, -0.1) is 0 Å². The largest absolute Gasteiger partial charge is 0.0620 e. The van der Waals surface area contributed by atoms with Gasteiger partial charge >= 0.3 is 0 Å². The van der Waals surface area contributed by atoms with Crippen molar-refractivity contribution in [3.63, 3.8) is 0 Å². The molecule has 0 saturated heterocycles. The minimum absolute atomic E-state index is 0.911. The second-order valence-electron chi connectivity index (χ2n) is 4.89. The molecule has 0 aliphatic heterocycles. The molecule has 0 nitrogen and oxygen atoms in total. The molecule has 1 saturated carbocycles. The molecule has 0 bridgehead atoms. The average Bonchev–Trinajstić information content (AvgIpc) is 2.29. The molecule has 0 N–H and O–H groups in total. The summed E-state index contributed by atoms with van der Waals surface area (Å²) >= 11 is 0. The summed E-state index contributed by atoms with van der Waals surface area (Å²) in [4.78, 5) is 0. The lowest BCUT2D eigenvalue weighted by atomic mass is 9.68. The molecule has 14 heavy (non-hydrogen) atoms. The van der Waals surface area contributed by atoms with Crippen LogP contribution in [-0.4, -0.2) is 0 Å². The quantitative estimate of drug-likeness (QED) is 0.576. The van der Waals surface area contributed by atoms with E-state index in [0.717, 1.165) is 11.8 Å². The Labute approximate surface area is 86.3 Å². The molecule has 1 fully saturated rings. The Kier molecular flexibility index (Phi) is 2.08. The van der Waals surface area contributed by atoms with Crippen LogP contribution in [-0.2, 0) is 6.42 Å². The normalized spacial score (nSPS) is 30.6. The lowest BCUT2D eigenvalue weighted by Crippen LogP contribution is -2.23. The molecule has 2 aliphatic rings. The Morgan fingerprint density at radius 2 is 1.79 bits per heavy atom. The summed E-state index contributed by atoms with van der Waals surface area (Å²) in [5, 5.41) is 0. The molecule has 0 spiro atoms. The number of benzene rings is 1. The summed E-state index contributed by atoms with van der Waals surface area (Å²) in [6.45, 7) is 0. The molecule has 0 aromatic heterocycles. The molecular weight excluding hydrogens is 168 g/mol. The maximum Gasteiger partial charge on any atom is -0.0131 e. The molecule has 1 aromatic rings. The molecule has 0 unspecified atom stereocenters. The van der Waals surface area contributed by atoms with Gasteiger partial charge in [0.05, 0.1) is 0 Å². The van der Waals surface area contributed by atoms with Crippen molar-refractivity contribution in [2.45, 2.75) is 44.4 Å². The second kappa shape index (κ2) is 3.42. The van der Waals surface area contributed by atoms with E-state index in [2.05, 4.69) is 24.3 Å². The maximum absolute atomic E-state index is 2.37. The van der Waals surface area contributed by atoms with Crippen molar-refractivity contribution in [2.75, 3.05) is 0 Å². The summed E-state index contributed by atoms with van der Waals surface area (Å²) < 4.78 is 0. The fraction of sp³-hybridized carbons (Fsp3) is 0.571. The van der Waals surface area contributed by atoms with Gasteiger partial charge in [0.15, 0.2) is 0 Å². The zero-order chi connectivity index (χ0) is 9.38. The van der Waals surface area contributed by atoms with E-state index >= 15 is 0 Å². The van der Waals surface area contributed by atoms with Gasteiger partial charge in [0.1, 0.15) is 0 Å². The van der Waals surface area contributed by atoms with Crippen LogP contribution in [0, 0.1) is 5.92 Å². The lowest BCUT2D eigenvalue weighted by molar-refractivity contribution is 0.275. The highest BCUT2D eigenvalue weighted by Gasteiger charge is 2.30. The van der Waals surface area contributed by atoms with Crippen molar-refractivity contribution in [3.8, 4) is 0 Å². The highest BCUT2D eigenvalue weighted by atomic mass is 14.4. The first-order valence-corrected chi connectivity index (χ1v) is 6.03. The fourth-order valence-corrected chi connectivity index (χ4v) is 3.43. The zero-order valence-electron chi connectivity index (χ0n) is 8.71. The molecule has 1 aromatic carbocycles. The number of hydrogen-bond acceptors (Lipinski definition) is 0. The van der Waals surface area contributed by atoms with Gasteiger partial charge in [-0.25, -0.2) is 0 Å². The van der Waals surface area contributed by atoms with Crippen molar-refractivity contribution in [1.82, 2.24) is 0 Å². The van der Waals surface area contributed by atoms with Gasteiger partial charge in [-0.05, 0) is 48.6 Å². The first-order chi connectivity index (χ1) is 6.95. The third kappa shape index (κ3) is 1.28. The van der Waals surface area contributed by atoms with Gasteiger partial charge in [0.25, 0.3) is 0 Å². The van der Waals surface area contributed by atoms with Gasteiger partial charge in [-0.3, -0.25) is 0 Å². The Hall–Kier alpha value is -0.780. The van der Waals surface area contributed by atoms with Crippen molar-refractivity contribution < 1.29 is 0 Å². The van der Waals surface area contributed by atoms with Crippen molar-refractivity contribution >= 4 is 0 Å². The van der Waals surface area contributed by atoms with Gasteiger partial charge in [0.2, 0.25) is 0 Å². The third-order valence-electron chi connectivity index (χ3n) is 4.15. The molecular formula is C14H18. The van der Waals surface area contributed by atoms with Crippen LogP contribution in [0.5, 0.6) is 0 Å². The summed E-state index contributed by atoms with van der Waals surface area (Å²) in [5.41, 5.74) is 3.32. The Morgan fingerprint density at radius 1 is 0.929 bits per heavy atom. The minimum Gasteiger partial charge on any atom is -0.0620 e. The smallest absolute Gasteiger partial charge is 0.0131 e. The van der Waals surface area contributed by atoms with Crippen LogP contribution < -0.4 is 0 Å². The monoisotopic (exact) mass is 186 g/mol. The predicted octanol–water partition coefficient (Wildman–Crippen LogP) is 3.91. The number of fused-ring (bicyclic) bond motifs is 3. The van der Waals surface area contributed by atoms with E-state index < -0.39 is 0 Å². The highest BCUT2D eigenvalue weighted by molar-refractivity contribution is 5.33. The predicted molar refractivity (Wildman–Crippen MR) is 59.5 cm³/mol. The van der Waals surface area contributed by atoms with Gasteiger partial charge < -0.3 is 0 Å². The van der Waals surface area contributed by atoms with Gasteiger partial charge in [-0.2, -0.15) is 0 Å². The highest BCUT2D eigenvalue weighted by Crippen LogP contribution is 2.44. The second-order valence-corrected chi connectivity index (χ2v) is 4.89. The van der Waals surface area contributed by atoms with E-state index in [9.17, 15) is 0 Å². The SMILES string of the molecule is c1ccc2c(c1)CC[C@@H]1CCCC[C@@H]21. The van der Waals surface area contributed by atoms with Crippen LogP contribution >= 0.6 is 0 Å². The molecule has 2 aliphatic carbocycles. The fourth-order valence-electron chi connectivity index (χ4n) is 3.43. The van der Waals surface area contributed by atoms with E-state index in [-0.39, 0.29) is 0 Å². The molecule has 2 atom stereocenters. The summed E-state index contributed by atoms with van der Waals surface area (Å²) in [6.07, 6.45) is 8.64. The maximum atomic E-state index is 2.37. The first-order valence-electron chi connectivity index (χ1n) is 6.03. The summed E-state index contributed by atoms with van der Waals surface area (Å²) in [6, 6.07) is 9.12. The molecule has 0 radical (unpaired) electrons. The van der Waals surface area contributed by atoms with Crippen LogP contribution in [0.15, 0.2) is 24.3 Å². The molecule has 0 amide bonds. The molecule has 0 heteroatoms. The van der Waals surface area contributed by atoms with E-state index in [1.165, 1.54) is 38.5 Å². The van der Waals surface area contributed by atoms with E-state index in [4.69, 9.17) is 0 Å². The summed E-state index contributed by atoms with van der Waals surface area (Å²) in [7, 11) is 0. The number of hydrogen-bond donors (Lipinski definition) is 0. The Bertz CT molecular complexity index is 327. The van der Waals surface area contributed by atoms with E-state index in [0.29, 0.717) is 0 Å². The van der Waals surface area contributed by atoms with Crippen LogP contribution in [0.2, 0.25) is 0 Å². The minimum atomic E-state index is 0.911. The van der Waals surface area contributed by atoms with Crippen LogP contribution in [0.1, 0.15) is 49.1 Å². The van der Waals surface area contributed by atoms with Gasteiger partial charge in [0, 0.05) is 0 Å². The number of rotatable bonds is 0. The van der Waals surface area contributed by atoms with Crippen LogP contribution in [0.25, 0.3) is 0 Å². The standard InChI is InChI=1S/C14H18/c1-3-7-13-11(5-1)9-10-12-6-2-4-8-14(12)13/h1,3,5,7,12,14H,2,4,6,8-10H2/t12-,14+/m0/s1. The first kappa shape index (κ1) is 8.52. The average molecular weight is 186 g/mol. The lowest BCUT2D eigenvalue weighted by Gasteiger charge is -2.37. The molecule has 0 heterocycles. The van der Waals surface area contributed by atoms with Crippen molar-refractivity contribution in [2.24, 2.45) is 5.92 Å².